The zero-order valence-corrected chi connectivity index (χ0v) is 13.4. The normalized spacial score (nSPS) is 12.9. The molecule has 0 aliphatic rings. The van der Waals surface area contributed by atoms with E-state index < -0.39 is 0 Å². The SMILES string of the molecule is CCCc1cnc(C(C)CC)nc1CC(CC)CC. The summed E-state index contributed by atoms with van der Waals surface area (Å²) in [5.74, 6) is 2.26. The fraction of sp³-hybridized carbons (Fsp3) is 0.765. The summed E-state index contributed by atoms with van der Waals surface area (Å²) in [5, 5.41) is 0. The van der Waals surface area contributed by atoms with E-state index in [9.17, 15) is 0 Å². The highest BCUT2D eigenvalue weighted by molar-refractivity contribution is 5.19. The van der Waals surface area contributed by atoms with Crippen molar-refractivity contribution in [3.05, 3.63) is 23.3 Å². The first kappa shape index (κ1) is 16.1. The van der Waals surface area contributed by atoms with Crippen LogP contribution in [0.1, 0.15) is 83.3 Å². The summed E-state index contributed by atoms with van der Waals surface area (Å²) in [6.07, 6.45) is 9.06. The molecule has 2 nitrogen and oxygen atoms in total. The van der Waals surface area contributed by atoms with E-state index in [0.29, 0.717) is 5.92 Å². The first-order valence-electron chi connectivity index (χ1n) is 8.00. The summed E-state index contributed by atoms with van der Waals surface area (Å²) in [6.45, 7) is 11.2. The predicted molar refractivity (Wildman–Crippen MR) is 82.5 cm³/mol. The van der Waals surface area contributed by atoms with Crippen molar-refractivity contribution in [3.63, 3.8) is 0 Å². The number of hydrogen-bond donors (Lipinski definition) is 0. The average Bonchev–Trinajstić information content (AvgIpc) is 2.45. The quantitative estimate of drug-likeness (QED) is 0.664. The molecule has 1 rings (SSSR count). The van der Waals surface area contributed by atoms with Crippen LogP contribution in [-0.2, 0) is 12.8 Å². The van der Waals surface area contributed by atoms with E-state index in [1.807, 2.05) is 0 Å². The third-order valence-corrected chi connectivity index (χ3v) is 4.18. The molecule has 0 spiro atoms. The molecular weight excluding hydrogens is 232 g/mol. The molecule has 0 saturated carbocycles. The van der Waals surface area contributed by atoms with E-state index in [1.165, 1.54) is 30.5 Å². The summed E-state index contributed by atoms with van der Waals surface area (Å²) in [6, 6.07) is 0. The zero-order valence-electron chi connectivity index (χ0n) is 13.4. The third-order valence-electron chi connectivity index (χ3n) is 4.18. The van der Waals surface area contributed by atoms with Gasteiger partial charge in [0, 0.05) is 17.8 Å². The van der Waals surface area contributed by atoms with Gasteiger partial charge >= 0.3 is 0 Å². The highest BCUT2D eigenvalue weighted by Gasteiger charge is 2.14. The second kappa shape index (κ2) is 8.29. The van der Waals surface area contributed by atoms with Gasteiger partial charge in [-0.05, 0) is 30.7 Å². The fourth-order valence-electron chi connectivity index (χ4n) is 2.38. The largest absolute Gasteiger partial charge is 0.241 e. The van der Waals surface area contributed by atoms with Crippen LogP contribution in [0.15, 0.2) is 6.20 Å². The molecule has 0 aliphatic carbocycles. The molecular formula is C17H30N2. The van der Waals surface area contributed by atoms with Gasteiger partial charge in [-0.25, -0.2) is 9.97 Å². The van der Waals surface area contributed by atoms with E-state index in [2.05, 4.69) is 45.8 Å². The Bertz CT molecular complexity index is 370. The van der Waals surface area contributed by atoms with E-state index in [1.54, 1.807) is 0 Å². The van der Waals surface area contributed by atoms with Gasteiger partial charge < -0.3 is 0 Å². The van der Waals surface area contributed by atoms with Crippen molar-refractivity contribution in [2.24, 2.45) is 5.92 Å². The minimum atomic E-state index is 0.469. The van der Waals surface area contributed by atoms with Crippen molar-refractivity contribution < 1.29 is 0 Å². The van der Waals surface area contributed by atoms with Crippen LogP contribution in [0.2, 0.25) is 0 Å². The van der Waals surface area contributed by atoms with Crippen molar-refractivity contribution in [3.8, 4) is 0 Å². The molecule has 0 N–H and O–H groups in total. The number of nitrogens with zero attached hydrogens (tertiary/aromatic N) is 2. The molecule has 1 atom stereocenters. The van der Waals surface area contributed by atoms with Gasteiger partial charge in [-0.3, -0.25) is 0 Å². The Kier molecular flexibility index (Phi) is 7.04. The Hall–Kier alpha value is -0.920. The molecule has 0 aliphatic heterocycles. The van der Waals surface area contributed by atoms with Crippen LogP contribution in [0, 0.1) is 5.92 Å². The molecule has 1 heterocycles. The molecule has 0 radical (unpaired) electrons. The molecule has 0 amide bonds. The van der Waals surface area contributed by atoms with E-state index >= 15 is 0 Å². The Morgan fingerprint density at radius 1 is 1.05 bits per heavy atom. The number of rotatable bonds is 8. The van der Waals surface area contributed by atoms with Gasteiger partial charge in [-0.2, -0.15) is 0 Å². The third kappa shape index (κ3) is 4.59. The highest BCUT2D eigenvalue weighted by atomic mass is 14.9. The summed E-state index contributed by atoms with van der Waals surface area (Å²) >= 11 is 0. The smallest absolute Gasteiger partial charge is 0.131 e. The monoisotopic (exact) mass is 262 g/mol. The Morgan fingerprint density at radius 2 is 1.74 bits per heavy atom. The Balaban J connectivity index is 3.00. The zero-order chi connectivity index (χ0) is 14.3. The first-order valence-corrected chi connectivity index (χ1v) is 8.00. The molecule has 2 heteroatoms. The summed E-state index contributed by atoms with van der Waals surface area (Å²) in [5.41, 5.74) is 2.67. The number of hydrogen-bond acceptors (Lipinski definition) is 2. The fourth-order valence-corrected chi connectivity index (χ4v) is 2.38. The van der Waals surface area contributed by atoms with Gasteiger partial charge in [-0.1, -0.05) is 53.9 Å². The van der Waals surface area contributed by atoms with E-state index in [-0.39, 0.29) is 0 Å². The van der Waals surface area contributed by atoms with Crippen molar-refractivity contribution in [2.75, 3.05) is 0 Å². The van der Waals surface area contributed by atoms with Gasteiger partial charge in [0.15, 0.2) is 0 Å². The van der Waals surface area contributed by atoms with Crippen LogP contribution in [0.5, 0.6) is 0 Å². The Labute approximate surface area is 119 Å². The van der Waals surface area contributed by atoms with Crippen LogP contribution in [0.3, 0.4) is 0 Å². The summed E-state index contributed by atoms with van der Waals surface area (Å²) in [7, 11) is 0. The summed E-state index contributed by atoms with van der Waals surface area (Å²) in [4.78, 5) is 9.46. The first-order chi connectivity index (χ1) is 9.15. The lowest BCUT2D eigenvalue weighted by Gasteiger charge is -2.16. The van der Waals surface area contributed by atoms with Crippen LogP contribution in [0.4, 0.5) is 0 Å². The lowest BCUT2D eigenvalue weighted by atomic mass is 9.94. The maximum absolute atomic E-state index is 4.89. The van der Waals surface area contributed by atoms with Crippen LogP contribution >= 0.6 is 0 Å². The summed E-state index contributed by atoms with van der Waals surface area (Å²) < 4.78 is 0. The number of aromatic nitrogens is 2. The van der Waals surface area contributed by atoms with Gasteiger partial charge in [0.2, 0.25) is 0 Å². The molecule has 19 heavy (non-hydrogen) atoms. The van der Waals surface area contributed by atoms with Crippen molar-refractivity contribution >= 4 is 0 Å². The van der Waals surface area contributed by atoms with Crippen LogP contribution in [0.25, 0.3) is 0 Å². The molecule has 1 aromatic rings. The minimum Gasteiger partial charge on any atom is -0.241 e. The van der Waals surface area contributed by atoms with Crippen LogP contribution in [-0.4, -0.2) is 9.97 Å². The van der Waals surface area contributed by atoms with Crippen molar-refractivity contribution in [1.82, 2.24) is 9.97 Å². The van der Waals surface area contributed by atoms with Gasteiger partial charge in [0.1, 0.15) is 5.82 Å². The van der Waals surface area contributed by atoms with Crippen LogP contribution < -0.4 is 0 Å². The van der Waals surface area contributed by atoms with Crippen molar-refractivity contribution in [2.45, 2.75) is 79.1 Å². The minimum absolute atomic E-state index is 0.469. The van der Waals surface area contributed by atoms with E-state index in [4.69, 9.17) is 4.98 Å². The van der Waals surface area contributed by atoms with Gasteiger partial charge in [0.05, 0.1) is 0 Å². The highest BCUT2D eigenvalue weighted by Crippen LogP contribution is 2.21. The lowest BCUT2D eigenvalue weighted by molar-refractivity contribution is 0.480. The maximum atomic E-state index is 4.89. The van der Waals surface area contributed by atoms with Crippen molar-refractivity contribution in [1.29, 1.82) is 0 Å². The molecule has 0 bridgehead atoms. The predicted octanol–water partition coefficient (Wildman–Crippen LogP) is 4.92. The topological polar surface area (TPSA) is 25.8 Å². The molecule has 1 unspecified atom stereocenters. The van der Waals surface area contributed by atoms with Gasteiger partial charge in [-0.15, -0.1) is 0 Å². The van der Waals surface area contributed by atoms with E-state index in [0.717, 1.165) is 31.0 Å². The standard InChI is InChI=1S/C17H30N2/c1-6-10-15-12-18-17(13(5)7-2)19-16(15)11-14(8-3)9-4/h12-14H,6-11H2,1-5H3. The second-order valence-electron chi connectivity index (χ2n) is 5.65. The molecule has 0 saturated heterocycles. The second-order valence-corrected chi connectivity index (χ2v) is 5.65. The Morgan fingerprint density at radius 3 is 2.26 bits per heavy atom. The number of aryl methyl sites for hydroxylation is 1. The molecule has 0 aromatic carbocycles. The molecule has 1 aromatic heterocycles. The maximum Gasteiger partial charge on any atom is 0.131 e. The van der Waals surface area contributed by atoms with Gasteiger partial charge in [0.25, 0.3) is 0 Å². The average molecular weight is 262 g/mol. The lowest BCUT2D eigenvalue weighted by Crippen LogP contribution is -2.11. The molecule has 0 fully saturated rings. The molecule has 108 valence electrons.